The van der Waals surface area contributed by atoms with Crippen molar-refractivity contribution in [2.24, 2.45) is 0 Å². The van der Waals surface area contributed by atoms with Gasteiger partial charge in [0.15, 0.2) is 5.78 Å². The van der Waals surface area contributed by atoms with Crippen LogP contribution in [0.4, 0.5) is 0 Å². The molecule has 0 saturated carbocycles. The number of benzene rings is 1. The van der Waals surface area contributed by atoms with Crippen LogP contribution in [-0.2, 0) is 9.53 Å². The molecular formula is C17H22O2. The van der Waals surface area contributed by atoms with Gasteiger partial charge in [-0.2, -0.15) is 0 Å². The van der Waals surface area contributed by atoms with Gasteiger partial charge in [0.2, 0.25) is 0 Å². The first kappa shape index (κ1) is 15.2. The molecule has 0 heterocycles. The van der Waals surface area contributed by atoms with Crippen LogP contribution in [0.25, 0.3) is 5.76 Å². The average Bonchev–Trinajstić information content (AvgIpc) is 2.42. The van der Waals surface area contributed by atoms with Crippen molar-refractivity contribution in [3.8, 4) is 0 Å². The largest absolute Gasteiger partial charge is 0.494 e. The van der Waals surface area contributed by atoms with Crippen molar-refractivity contribution in [1.82, 2.24) is 0 Å². The molecular weight excluding hydrogens is 236 g/mol. The summed E-state index contributed by atoms with van der Waals surface area (Å²) in [4.78, 5) is 11.5. The van der Waals surface area contributed by atoms with Crippen LogP contribution >= 0.6 is 0 Å². The minimum absolute atomic E-state index is 0.132. The Morgan fingerprint density at radius 3 is 2.42 bits per heavy atom. The Balaban J connectivity index is 2.30. The highest BCUT2D eigenvalue weighted by Gasteiger charge is 2.05. The smallest absolute Gasteiger partial charge is 0.158 e. The number of aryl methyl sites for hydroxylation is 1. The zero-order valence-electron chi connectivity index (χ0n) is 11.9. The van der Waals surface area contributed by atoms with Crippen LogP contribution in [-0.4, -0.2) is 12.4 Å². The number of hydrogen-bond donors (Lipinski definition) is 0. The van der Waals surface area contributed by atoms with Crippen LogP contribution in [0.2, 0.25) is 0 Å². The van der Waals surface area contributed by atoms with Crippen molar-refractivity contribution in [2.45, 2.75) is 33.1 Å². The lowest BCUT2D eigenvalue weighted by atomic mass is 10.1. The molecule has 19 heavy (non-hydrogen) atoms. The summed E-state index contributed by atoms with van der Waals surface area (Å²) in [6.07, 6.45) is 1.91. The number of allylic oxidation sites excluding steroid dienone is 1. The van der Waals surface area contributed by atoms with Gasteiger partial charge in [0.05, 0.1) is 6.61 Å². The zero-order chi connectivity index (χ0) is 14.3. The third-order valence-corrected chi connectivity index (χ3v) is 3.02. The van der Waals surface area contributed by atoms with E-state index in [2.05, 4.69) is 13.2 Å². The van der Waals surface area contributed by atoms with Gasteiger partial charge in [0, 0.05) is 12.0 Å². The summed E-state index contributed by atoms with van der Waals surface area (Å²) in [5.41, 5.74) is 2.88. The third kappa shape index (κ3) is 5.12. The Kier molecular flexibility index (Phi) is 6.07. The van der Waals surface area contributed by atoms with E-state index in [-0.39, 0.29) is 5.78 Å². The summed E-state index contributed by atoms with van der Waals surface area (Å²) in [5.74, 6) is 0.786. The average molecular weight is 258 g/mol. The SMILES string of the molecule is C=C(CC)C(=O)CCCOC(=C)c1ccc(C)cc1. The van der Waals surface area contributed by atoms with E-state index in [0.29, 0.717) is 30.8 Å². The topological polar surface area (TPSA) is 26.3 Å². The molecule has 0 saturated heterocycles. The Morgan fingerprint density at radius 1 is 1.21 bits per heavy atom. The molecule has 2 heteroatoms. The van der Waals surface area contributed by atoms with Gasteiger partial charge in [-0.1, -0.05) is 49.9 Å². The van der Waals surface area contributed by atoms with Crippen molar-refractivity contribution in [3.05, 3.63) is 54.1 Å². The Bertz CT molecular complexity index is 455. The monoisotopic (exact) mass is 258 g/mol. The van der Waals surface area contributed by atoms with Gasteiger partial charge < -0.3 is 4.74 Å². The summed E-state index contributed by atoms with van der Waals surface area (Å²) in [6, 6.07) is 8.03. The second-order valence-electron chi connectivity index (χ2n) is 4.62. The van der Waals surface area contributed by atoms with Gasteiger partial charge in [-0.3, -0.25) is 4.79 Å². The molecule has 0 aliphatic rings. The summed E-state index contributed by atoms with van der Waals surface area (Å²) in [6.45, 7) is 12.1. The number of hydrogen-bond acceptors (Lipinski definition) is 2. The van der Waals surface area contributed by atoms with Gasteiger partial charge in [0.25, 0.3) is 0 Å². The van der Waals surface area contributed by atoms with Crippen molar-refractivity contribution < 1.29 is 9.53 Å². The fourth-order valence-electron chi connectivity index (χ4n) is 1.62. The number of Topliss-reactive ketones (excluding diaryl/α,β-unsaturated/α-hetero) is 1. The van der Waals surface area contributed by atoms with E-state index in [1.54, 1.807) is 0 Å². The fourth-order valence-corrected chi connectivity index (χ4v) is 1.62. The minimum Gasteiger partial charge on any atom is -0.494 e. The Hall–Kier alpha value is -1.83. The number of ketones is 1. The lowest BCUT2D eigenvalue weighted by Crippen LogP contribution is -2.03. The van der Waals surface area contributed by atoms with E-state index in [1.807, 2.05) is 38.1 Å². The van der Waals surface area contributed by atoms with E-state index >= 15 is 0 Å². The summed E-state index contributed by atoms with van der Waals surface area (Å²) >= 11 is 0. The van der Waals surface area contributed by atoms with E-state index in [4.69, 9.17) is 4.74 Å². The molecule has 1 rings (SSSR count). The van der Waals surface area contributed by atoms with Crippen molar-refractivity contribution in [1.29, 1.82) is 0 Å². The molecule has 2 nitrogen and oxygen atoms in total. The van der Waals surface area contributed by atoms with Gasteiger partial charge >= 0.3 is 0 Å². The standard InChI is InChI=1S/C17H22O2/c1-5-14(3)17(18)7-6-12-19-15(4)16-10-8-13(2)9-11-16/h8-11H,3-7,12H2,1-2H3. The molecule has 102 valence electrons. The van der Waals surface area contributed by atoms with Gasteiger partial charge in [-0.25, -0.2) is 0 Å². The maximum absolute atomic E-state index is 11.5. The highest BCUT2D eigenvalue weighted by Crippen LogP contribution is 2.15. The van der Waals surface area contributed by atoms with Gasteiger partial charge in [-0.15, -0.1) is 0 Å². The molecule has 0 aliphatic carbocycles. The molecule has 0 atom stereocenters. The number of carbonyl (C=O) groups is 1. The van der Waals surface area contributed by atoms with Crippen molar-refractivity contribution in [3.63, 3.8) is 0 Å². The zero-order valence-corrected chi connectivity index (χ0v) is 11.9. The lowest BCUT2D eigenvalue weighted by Gasteiger charge is -2.09. The van der Waals surface area contributed by atoms with E-state index in [9.17, 15) is 4.79 Å². The minimum atomic E-state index is 0.132. The Labute approximate surface area is 115 Å². The summed E-state index contributed by atoms with van der Waals surface area (Å²) in [7, 11) is 0. The van der Waals surface area contributed by atoms with E-state index in [0.717, 1.165) is 12.0 Å². The van der Waals surface area contributed by atoms with Crippen molar-refractivity contribution in [2.75, 3.05) is 6.61 Å². The summed E-state index contributed by atoms with van der Waals surface area (Å²) < 4.78 is 5.56. The third-order valence-electron chi connectivity index (χ3n) is 3.02. The molecule has 0 fully saturated rings. The molecule has 0 radical (unpaired) electrons. The van der Waals surface area contributed by atoms with Crippen LogP contribution in [0.1, 0.15) is 37.3 Å². The number of ether oxygens (including phenoxy) is 1. The quantitative estimate of drug-likeness (QED) is 0.395. The maximum atomic E-state index is 11.5. The predicted molar refractivity (Wildman–Crippen MR) is 79.8 cm³/mol. The molecule has 1 aromatic carbocycles. The molecule has 0 unspecified atom stereocenters. The van der Waals surface area contributed by atoms with Crippen LogP contribution in [0, 0.1) is 6.92 Å². The first-order valence-corrected chi connectivity index (χ1v) is 6.64. The van der Waals surface area contributed by atoms with E-state index < -0.39 is 0 Å². The first-order valence-electron chi connectivity index (χ1n) is 6.64. The Morgan fingerprint density at radius 2 is 1.84 bits per heavy atom. The van der Waals surface area contributed by atoms with Gasteiger partial charge in [0.1, 0.15) is 5.76 Å². The van der Waals surface area contributed by atoms with Crippen molar-refractivity contribution >= 4 is 11.5 Å². The fraction of sp³-hybridized carbons (Fsp3) is 0.353. The second-order valence-corrected chi connectivity index (χ2v) is 4.62. The number of rotatable bonds is 8. The molecule has 0 aliphatic heterocycles. The summed E-state index contributed by atoms with van der Waals surface area (Å²) in [5, 5.41) is 0. The highest BCUT2D eigenvalue weighted by molar-refractivity contribution is 5.94. The van der Waals surface area contributed by atoms with Crippen LogP contribution in [0.15, 0.2) is 43.0 Å². The first-order chi connectivity index (χ1) is 9.04. The van der Waals surface area contributed by atoms with Crippen LogP contribution in [0.3, 0.4) is 0 Å². The normalized spacial score (nSPS) is 10.0. The van der Waals surface area contributed by atoms with E-state index in [1.165, 1.54) is 5.56 Å². The molecule has 0 aromatic heterocycles. The molecule has 0 amide bonds. The maximum Gasteiger partial charge on any atom is 0.158 e. The molecule has 0 spiro atoms. The molecule has 0 N–H and O–H groups in total. The van der Waals surface area contributed by atoms with Crippen LogP contribution < -0.4 is 0 Å². The lowest BCUT2D eigenvalue weighted by molar-refractivity contribution is -0.115. The van der Waals surface area contributed by atoms with Gasteiger partial charge in [-0.05, 0) is 25.3 Å². The highest BCUT2D eigenvalue weighted by atomic mass is 16.5. The molecule has 0 bridgehead atoms. The predicted octanol–water partition coefficient (Wildman–Crippen LogP) is 4.30. The van der Waals surface area contributed by atoms with Crippen LogP contribution in [0.5, 0.6) is 0 Å². The number of carbonyl (C=O) groups excluding carboxylic acids is 1. The second kappa shape index (κ2) is 7.57. The molecule has 1 aromatic rings.